The average Bonchev–Trinajstić information content (AvgIpc) is 2.79. The van der Waals surface area contributed by atoms with Crippen molar-refractivity contribution in [3.8, 4) is 0 Å². The highest BCUT2D eigenvalue weighted by Gasteiger charge is 2.17. The number of benzene rings is 2. The van der Waals surface area contributed by atoms with Crippen LogP contribution in [0.4, 0.5) is 5.69 Å². The van der Waals surface area contributed by atoms with Gasteiger partial charge in [0.05, 0.1) is 19.8 Å². The smallest absolute Gasteiger partial charge is 0.253 e. The highest BCUT2D eigenvalue weighted by Crippen LogP contribution is 2.18. The Balaban J connectivity index is 1.57. The van der Waals surface area contributed by atoms with E-state index in [2.05, 4.69) is 65.1 Å². The number of ether oxygens (including phenoxy) is 1. The molecule has 33 heavy (non-hydrogen) atoms. The van der Waals surface area contributed by atoms with Crippen LogP contribution in [0.2, 0.25) is 0 Å². The zero-order valence-corrected chi connectivity index (χ0v) is 20.4. The van der Waals surface area contributed by atoms with Crippen LogP contribution < -0.4 is 10.9 Å². The van der Waals surface area contributed by atoms with E-state index in [4.69, 9.17) is 17.0 Å². The van der Waals surface area contributed by atoms with Crippen LogP contribution >= 0.6 is 12.2 Å². The molecule has 6 nitrogen and oxygen atoms in total. The zero-order valence-electron chi connectivity index (χ0n) is 19.6. The molecule has 0 amide bonds. The summed E-state index contributed by atoms with van der Waals surface area (Å²) in [7, 11) is 0. The quantitative estimate of drug-likeness (QED) is 0.538. The second kappa shape index (κ2) is 10.5. The van der Waals surface area contributed by atoms with E-state index >= 15 is 0 Å². The van der Waals surface area contributed by atoms with Crippen molar-refractivity contribution in [2.45, 2.75) is 27.3 Å². The van der Waals surface area contributed by atoms with Crippen molar-refractivity contribution in [3.05, 3.63) is 75.1 Å². The summed E-state index contributed by atoms with van der Waals surface area (Å²) < 4.78 is 5.48. The molecule has 2 aromatic carbocycles. The van der Waals surface area contributed by atoms with Crippen LogP contribution in [0.15, 0.2) is 47.3 Å². The van der Waals surface area contributed by atoms with E-state index in [1.54, 1.807) is 0 Å². The van der Waals surface area contributed by atoms with Gasteiger partial charge in [0.2, 0.25) is 0 Å². The summed E-state index contributed by atoms with van der Waals surface area (Å²) in [5.74, 6) is 0. The summed E-state index contributed by atoms with van der Waals surface area (Å²) in [6.07, 6.45) is 0. The Labute approximate surface area is 200 Å². The molecule has 0 aliphatic carbocycles. The lowest BCUT2D eigenvalue weighted by Crippen LogP contribution is -2.44. The van der Waals surface area contributed by atoms with E-state index in [9.17, 15) is 4.79 Å². The van der Waals surface area contributed by atoms with Gasteiger partial charge in [0.1, 0.15) is 0 Å². The number of pyridine rings is 1. The Bertz CT molecular complexity index is 1200. The number of aromatic nitrogens is 1. The Hall–Kier alpha value is -2.74. The van der Waals surface area contributed by atoms with E-state index in [0.717, 1.165) is 67.1 Å². The summed E-state index contributed by atoms with van der Waals surface area (Å²) >= 11 is 5.84. The number of thiocarbonyl (C=S) groups is 1. The minimum atomic E-state index is -0.0722. The van der Waals surface area contributed by atoms with E-state index in [1.807, 2.05) is 18.2 Å². The Morgan fingerprint density at radius 2 is 1.82 bits per heavy atom. The first-order valence-electron chi connectivity index (χ1n) is 11.4. The molecule has 0 spiro atoms. The monoisotopic (exact) mass is 464 g/mol. The van der Waals surface area contributed by atoms with E-state index in [-0.39, 0.29) is 5.56 Å². The fraction of sp³-hybridized carbons (Fsp3) is 0.385. The fourth-order valence-corrected chi connectivity index (χ4v) is 4.45. The fourth-order valence-electron chi connectivity index (χ4n) is 4.18. The predicted octanol–water partition coefficient (Wildman–Crippen LogP) is 3.98. The first-order valence-corrected chi connectivity index (χ1v) is 11.9. The number of aryl methyl sites for hydroxylation is 3. The van der Waals surface area contributed by atoms with Gasteiger partial charge >= 0.3 is 0 Å². The van der Waals surface area contributed by atoms with E-state index in [1.165, 1.54) is 5.56 Å². The van der Waals surface area contributed by atoms with Crippen LogP contribution in [0.1, 0.15) is 22.3 Å². The molecule has 0 atom stereocenters. The third kappa shape index (κ3) is 5.99. The number of morpholine rings is 1. The van der Waals surface area contributed by atoms with Gasteiger partial charge in [-0.1, -0.05) is 29.3 Å². The number of fused-ring (bicyclic) bond motifs is 1. The number of nitrogens with zero attached hydrogens (tertiary/aromatic N) is 2. The molecule has 0 radical (unpaired) electrons. The number of hydrogen-bond acceptors (Lipinski definition) is 4. The molecule has 7 heteroatoms. The van der Waals surface area contributed by atoms with Gasteiger partial charge in [-0.15, -0.1) is 0 Å². The van der Waals surface area contributed by atoms with Crippen molar-refractivity contribution in [1.82, 2.24) is 14.8 Å². The van der Waals surface area contributed by atoms with Crippen molar-refractivity contribution in [2.24, 2.45) is 0 Å². The number of rotatable bonds is 6. The van der Waals surface area contributed by atoms with Crippen molar-refractivity contribution in [2.75, 3.05) is 44.7 Å². The van der Waals surface area contributed by atoms with Gasteiger partial charge in [0, 0.05) is 42.9 Å². The van der Waals surface area contributed by atoms with Crippen LogP contribution in [-0.4, -0.2) is 59.3 Å². The maximum absolute atomic E-state index is 12.9. The molecule has 4 rings (SSSR count). The molecule has 2 N–H and O–H groups in total. The van der Waals surface area contributed by atoms with Gasteiger partial charge in [-0.05, 0) is 68.2 Å². The molecule has 1 fully saturated rings. The molecule has 3 aromatic rings. The number of hydrogen-bond donors (Lipinski definition) is 2. The summed E-state index contributed by atoms with van der Waals surface area (Å²) in [4.78, 5) is 20.4. The predicted molar refractivity (Wildman–Crippen MR) is 139 cm³/mol. The van der Waals surface area contributed by atoms with Gasteiger partial charge in [0.25, 0.3) is 5.56 Å². The lowest BCUT2D eigenvalue weighted by atomic mass is 10.1. The van der Waals surface area contributed by atoms with Crippen molar-refractivity contribution >= 4 is 33.9 Å². The molecule has 174 valence electrons. The molecular formula is C26H32N4O2S. The molecule has 2 heterocycles. The van der Waals surface area contributed by atoms with Gasteiger partial charge in [-0.3, -0.25) is 9.69 Å². The highest BCUT2D eigenvalue weighted by atomic mass is 32.1. The number of nitrogens with one attached hydrogen (secondary N) is 2. The summed E-state index contributed by atoms with van der Waals surface area (Å²) in [6, 6.07) is 14.3. The maximum Gasteiger partial charge on any atom is 0.253 e. The third-order valence-corrected chi connectivity index (χ3v) is 6.50. The second-order valence-electron chi connectivity index (χ2n) is 8.84. The van der Waals surface area contributed by atoms with Crippen LogP contribution in [-0.2, 0) is 11.3 Å². The molecule has 0 unspecified atom stereocenters. The van der Waals surface area contributed by atoms with Crippen LogP contribution in [0.3, 0.4) is 0 Å². The molecule has 1 aliphatic heterocycles. The van der Waals surface area contributed by atoms with Crippen LogP contribution in [0.25, 0.3) is 10.9 Å². The molecule has 1 saturated heterocycles. The first kappa shape index (κ1) is 23.4. The standard InChI is InChI=1S/C26H32N4O2S/c1-18-4-6-23(20(3)14-18)28-26(33)30(9-8-29-10-12-32-13-11-29)17-22-16-21-15-19(2)5-7-24(21)27-25(22)31/h4-7,14-16H,8-13,17H2,1-3H3,(H,27,31)(H,28,33). The van der Waals surface area contributed by atoms with Gasteiger partial charge in [0.15, 0.2) is 5.11 Å². The van der Waals surface area contributed by atoms with Crippen LogP contribution in [0, 0.1) is 20.8 Å². The Morgan fingerprint density at radius 3 is 2.58 bits per heavy atom. The second-order valence-corrected chi connectivity index (χ2v) is 9.23. The number of anilines is 1. The van der Waals surface area contributed by atoms with E-state index in [0.29, 0.717) is 17.2 Å². The normalized spacial score (nSPS) is 14.4. The lowest BCUT2D eigenvalue weighted by molar-refractivity contribution is 0.0358. The van der Waals surface area contributed by atoms with E-state index < -0.39 is 0 Å². The summed E-state index contributed by atoms with van der Waals surface area (Å²) in [5, 5.41) is 5.07. The lowest BCUT2D eigenvalue weighted by Gasteiger charge is -2.31. The molecule has 0 saturated carbocycles. The maximum atomic E-state index is 12.9. The Morgan fingerprint density at radius 1 is 1.09 bits per heavy atom. The summed E-state index contributed by atoms with van der Waals surface area (Å²) in [5.41, 5.74) is 6.00. The summed E-state index contributed by atoms with van der Waals surface area (Å²) in [6.45, 7) is 11.6. The van der Waals surface area contributed by atoms with Crippen molar-refractivity contribution in [1.29, 1.82) is 0 Å². The van der Waals surface area contributed by atoms with Crippen molar-refractivity contribution in [3.63, 3.8) is 0 Å². The largest absolute Gasteiger partial charge is 0.379 e. The minimum absolute atomic E-state index is 0.0722. The SMILES string of the molecule is Cc1ccc(NC(=S)N(CCN2CCOCC2)Cc2cc3cc(C)ccc3[nH]c2=O)c(C)c1. The van der Waals surface area contributed by atoms with Gasteiger partial charge < -0.3 is 19.9 Å². The molecule has 0 bridgehead atoms. The minimum Gasteiger partial charge on any atom is -0.379 e. The number of aromatic amines is 1. The third-order valence-electron chi connectivity index (χ3n) is 6.14. The topological polar surface area (TPSA) is 60.6 Å². The van der Waals surface area contributed by atoms with Gasteiger partial charge in [-0.2, -0.15) is 0 Å². The Kier molecular flexibility index (Phi) is 7.42. The zero-order chi connectivity index (χ0) is 23.4. The average molecular weight is 465 g/mol. The molecular weight excluding hydrogens is 432 g/mol. The van der Waals surface area contributed by atoms with Crippen LogP contribution in [0.5, 0.6) is 0 Å². The van der Waals surface area contributed by atoms with Crippen molar-refractivity contribution < 1.29 is 4.74 Å². The number of H-pyrrole nitrogens is 1. The first-order chi connectivity index (χ1) is 15.9. The molecule has 1 aromatic heterocycles. The molecule has 1 aliphatic rings. The highest BCUT2D eigenvalue weighted by molar-refractivity contribution is 7.80. The van der Waals surface area contributed by atoms with Gasteiger partial charge in [-0.25, -0.2) is 0 Å².